The predicted octanol–water partition coefficient (Wildman–Crippen LogP) is 3.17. The molecule has 150 valence electrons. The molecule has 1 unspecified atom stereocenters. The van der Waals surface area contributed by atoms with Gasteiger partial charge < -0.3 is 19.5 Å². The largest absolute Gasteiger partial charge is 0.497 e. The molecule has 1 amide bonds. The third-order valence-corrected chi connectivity index (χ3v) is 5.18. The Morgan fingerprint density at radius 1 is 1.07 bits per heavy atom. The summed E-state index contributed by atoms with van der Waals surface area (Å²) in [5, 5.41) is 3.01. The molecule has 1 heterocycles. The molecule has 1 N–H and O–H groups in total. The van der Waals surface area contributed by atoms with Crippen molar-refractivity contribution in [2.24, 2.45) is 0 Å². The second kappa shape index (κ2) is 9.46. The number of ether oxygens (including phenoxy) is 3. The van der Waals surface area contributed by atoms with Crippen LogP contribution in [0.1, 0.15) is 30.0 Å². The Kier molecular flexibility index (Phi) is 6.76. The van der Waals surface area contributed by atoms with Crippen LogP contribution in [0.15, 0.2) is 42.5 Å². The number of nitrogens with one attached hydrogen (secondary N) is 1. The van der Waals surface area contributed by atoms with Crippen molar-refractivity contribution in [1.29, 1.82) is 0 Å². The van der Waals surface area contributed by atoms with Crippen LogP contribution in [0.3, 0.4) is 0 Å². The van der Waals surface area contributed by atoms with Crippen LogP contribution in [-0.2, 0) is 11.3 Å². The second-order valence-electron chi connectivity index (χ2n) is 6.82. The van der Waals surface area contributed by atoms with Crippen molar-refractivity contribution in [2.45, 2.75) is 25.4 Å². The van der Waals surface area contributed by atoms with Crippen LogP contribution < -0.4 is 19.5 Å². The number of benzene rings is 2. The van der Waals surface area contributed by atoms with E-state index in [1.807, 2.05) is 42.5 Å². The number of carbonyl (C=O) groups excluding carboxylic acids is 1. The summed E-state index contributed by atoms with van der Waals surface area (Å²) >= 11 is 0. The third kappa shape index (κ3) is 4.57. The standard InChI is InChI=1S/C22H28N2O4/c1-26-17-10-11-18(21(13-17)28-3)19-8-6-12-24(19)15-22(25)23-14-16-7-4-5-9-20(16)27-2/h4-5,7,9-11,13,19H,6,8,12,14-15H2,1-3H3,(H,23,25). The van der Waals surface area contributed by atoms with Crippen LogP contribution in [0.5, 0.6) is 17.2 Å². The van der Waals surface area contributed by atoms with Gasteiger partial charge in [0.2, 0.25) is 5.91 Å². The van der Waals surface area contributed by atoms with Crippen molar-refractivity contribution in [1.82, 2.24) is 10.2 Å². The fraction of sp³-hybridized carbons (Fsp3) is 0.409. The second-order valence-corrected chi connectivity index (χ2v) is 6.82. The van der Waals surface area contributed by atoms with Gasteiger partial charge in [0.05, 0.1) is 27.9 Å². The van der Waals surface area contributed by atoms with E-state index in [9.17, 15) is 4.79 Å². The fourth-order valence-corrected chi connectivity index (χ4v) is 3.74. The van der Waals surface area contributed by atoms with Crippen LogP contribution in [-0.4, -0.2) is 45.2 Å². The van der Waals surface area contributed by atoms with Gasteiger partial charge in [-0.1, -0.05) is 24.3 Å². The molecule has 0 spiro atoms. The maximum absolute atomic E-state index is 12.6. The van der Waals surface area contributed by atoms with Crippen molar-refractivity contribution in [2.75, 3.05) is 34.4 Å². The van der Waals surface area contributed by atoms with E-state index in [0.717, 1.165) is 47.8 Å². The van der Waals surface area contributed by atoms with E-state index in [2.05, 4.69) is 10.2 Å². The number of carbonyl (C=O) groups is 1. The molecule has 6 nitrogen and oxygen atoms in total. The van der Waals surface area contributed by atoms with Crippen LogP contribution >= 0.6 is 0 Å². The summed E-state index contributed by atoms with van der Waals surface area (Å²) in [7, 11) is 4.94. The van der Waals surface area contributed by atoms with Gasteiger partial charge in [0, 0.05) is 29.8 Å². The van der Waals surface area contributed by atoms with E-state index >= 15 is 0 Å². The number of hydrogen-bond acceptors (Lipinski definition) is 5. The highest BCUT2D eigenvalue weighted by atomic mass is 16.5. The van der Waals surface area contributed by atoms with Gasteiger partial charge >= 0.3 is 0 Å². The highest BCUT2D eigenvalue weighted by Crippen LogP contribution is 2.38. The molecule has 1 saturated heterocycles. The summed E-state index contributed by atoms with van der Waals surface area (Å²) in [6, 6.07) is 13.8. The Hall–Kier alpha value is -2.73. The summed E-state index contributed by atoms with van der Waals surface area (Å²) in [5.41, 5.74) is 2.06. The predicted molar refractivity (Wildman–Crippen MR) is 108 cm³/mol. The molecule has 1 atom stereocenters. The van der Waals surface area contributed by atoms with E-state index in [1.165, 1.54) is 0 Å². The molecular weight excluding hydrogens is 356 g/mol. The van der Waals surface area contributed by atoms with Gasteiger partial charge in [0.25, 0.3) is 0 Å². The summed E-state index contributed by atoms with van der Waals surface area (Å²) in [6.45, 7) is 1.70. The number of nitrogens with zero attached hydrogens (tertiary/aromatic N) is 1. The van der Waals surface area contributed by atoms with E-state index < -0.39 is 0 Å². The first-order valence-electron chi connectivity index (χ1n) is 9.50. The van der Waals surface area contributed by atoms with Crippen molar-refractivity contribution < 1.29 is 19.0 Å². The fourth-order valence-electron chi connectivity index (χ4n) is 3.74. The molecule has 0 bridgehead atoms. The molecule has 0 aromatic heterocycles. The minimum atomic E-state index is 0.00489. The summed E-state index contributed by atoms with van der Waals surface area (Å²) < 4.78 is 16.2. The first kappa shape index (κ1) is 20.0. The highest BCUT2D eigenvalue weighted by molar-refractivity contribution is 5.78. The number of amides is 1. The number of para-hydroxylation sites is 1. The first-order valence-corrected chi connectivity index (χ1v) is 9.50. The Morgan fingerprint density at radius 3 is 2.61 bits per heavy atom. The van der Waals surface area contributed by atoms with Crippen molar-refractivity contribution in [3.05, 3.63) is 53.6 Å². The lowest BCUT2D eigenvalue weighted by atomic mass is 10.0. The maximum Gasteiger partial charge on any atom is 0.234 e. The zero-order valence-electron chi connectivity index (χ0n) is 16.7. The molecule has 1 aliphatic rings. The molecule has 2 aromatic carbocycles. The first-order chi connectivity index (χ1) is 13.7. The highest BCUT2D eigenvalue weighted by Gasteiger charge is 2.29. The Balaban J connectivity index is 1.64. The molecular formula is C22H28N2O4. The van der Waals surface area contributed by atoms with Gasteiger partial charge in [-0.15, -0.1) is 0 Å². The monoisotopic (exact) mass is 384 g/mol. The zero-order chi connectivity index (χ0) is 19.9. The van der Waals surface area contributed by atoms with Crippen LogP contribution in [0, 0.1) is 0 Å². The number of likely N-dealkylation sites (tertiary alicyclic amines) is 1. The van der Waals surface area contributed by atoms with E-state index in [0.29, 0.717) is 13.1 Å². The topological polar surface area (TPSA) is 60.0 Å². The molecule has 2 aromatic rings. The van der Waals surface area contributed by atoms with Gasteiger partial charge in [-0.05, 0) is 31.5 Å². The maximum atomic E-state index is 12.6. The molecule has 1 fully saturated rings. The van der Waals surface area contributed by atoms with Gasteiger partial charge in [-0.2, -0.15) is 0 Å². The lowest BCUT2D eigenvalue weighted by Gasteiger charge is -2.26. The molecule has 0 aliphatic carbocycles. The summed E-state index contributed by atoms with van der Waals surface area (Å²) in [4.78, 5) is 14.8. The summed E-state index contributed by atoms with van der Waals surface area (Å²) in [5.74, 6) is 2.35. The van der Waals surface area contributed by atoms with Crippen molar-refractivity contribution in [3.8, 4) is 17.2 Å². The molecule has 6 heteroatoms. The smallest absolute Gasteiger partial charge is 0.234 e. The van der Waals surface area contributed by atoms with Gasteiger partial charge in [0.15, 0.2) is 0 Å². The molecule has 0 radical (unpaired) electrons. The van der Waals surface area contributed by atoms with E-state index in [-0.39, 0.29) is 11.9 Å². The Labute approximate surface area is 166 Å². The quantitative estimate of drug-likeness (QED) is 0.758. The van der Waals surface area contributed by atoms with Crippen molar-refractivity contribution in [3.63, 3.8) is 0 Å². The molecule has 0 saturated carbocycles. The minimum absolute atomic E-state index is 0.00489. The number of methoxy groups -OCH3 is 3. The van der Waals surface area contributed by atoms with Crippen LogP contribution in [0.4, 0.5) is 0 Å². The lowest BCUT2D eigenvalue weighted by Crippen LogP contribution is -2.36. The normalized spacial score (nSPS) is 16.6. The van der Waals surface area contributed by atoms with Gasteiger partial charge in [-0.3, -0.25) is 9.69 Å². The van der Waals surface area contributed by atoms with E-state index in [1.54, 1.807) is 21.3 Å². The van der Waals surface area contributed by atoms with Crippen LogP contribution in [0.2, 0.25) is 0 Å². The minimum Gasteiger partial charge on any atom is -0.497 e. The zero-order valence-corrected chi connectivity index (χ0v) is 16.7. The Morgan fingerprint density at radius 2 is 1.86 bits per heavy atom. The average molecular weight is 384 g/mol. The van der Waals surface area contributed by atoms with Gasteiger partial charge in [-0.25, -0.2) is 0 Å². The van der Waals surface area contributed by atoms with Crippen LogP contribution in [0.25, 0.3) is 0 Å². The molecule has 28 heavy (non-hydrogen) atoms. The SMILES string of the molecule is COc1ccc(C2CCCN2CC(=O)NCc2ccccc2OC)c(OC)c1. The molecule has 3 rings (SSSR count). The van der Waals surface area contributed by atoms with Gasteiger partial charge in [0.1, 0.15) is 17.2 Å². The van der Waals surface area contributed by atoms with Crippen molar-refractivity contribution >= 4 is 5.91 Å². The van der Waals surface area contributed by atoms with E-state index in [4.69, 9.17) is 14.2 Å². The lowest BCUT2D eigenvalue weighted by molar-refractivity contribution is -0.122. The molecule has 1 aliphatic heterocycles. The number of hydrogen-bond donors (Lipinski definition) is 1. The Bertz CT molecular complexity index is 809. The third-order valence-electron chi connectivity index (χ3n) is 5.18. The summed E-state index contributed by atoms with van der Waals surface area (Å²) in [6.07, 6.45) is 2.06. The number of rotatable bonds is 8. The average Bonchev–Trinajstić information content (AvgIpc) is 3.19.